The van der Waals surface area contributed by atoms with Gasteiger partial charge in [0.05, 0.1) is 0 Å². The van der Waals surface area contributed by atoms with Gasteiger partial charge in [0.15, 0.2) is 0 Å². The molecule has 0 N–H and O–H groups in total. The quantitative estimate of drug-likeness (QED) is 0.623. The fourth-order valence-corrected chi connectivity index (χ4v) is 2.26. The van der Waals surface area contributed by atoms with Gasteiger partial charge in [-0.15, -0.1) is 0 Å². The molecular formula is C13H22O. The van der Waals surface area contributed by atoms with Crippen LogP contribution in [0.4, 0.5) is 0 Å². The summed E-state index contributed by atoms with van der Waals surface area (Å²) in [6.07, 6.45) is 6.20. The Balaban J connectivity index is 2.48. The lowest BCUT2D eigenvalue weighted by Crippen LogP contribution is -2.24. The van der Waals surface area contributed by atoms with E-state index in [1.807, 2.05) is 0 Å². The molecule has 1 rings (SSSR count). The largest absolute Gasteiger partial charge is 0.299 e. The highest BCUT2D eigenvalue weighted by Gasteiger charge is 2.27. The summed E-state index contributed by atoms with van der Waals surface area (Å²) in [6, 6.07) is 0. The van der Waals surface area contributed by atoms with Crippen LogP contribution in [0.25, 0.3) is 0 Å². The van der Waals surface area contributed by atoms with Crippen LogP contribution in [0.15, 0.2) is 12.2 Å². The molecule has 1 fully saturated rings. The zero-order valence-corrected chi connectivity index (χ0v) is 9.51. The third-order valence-electron chi connectivity index (χ3n) is 3.48. The fourth-order valence-electron chi connectivity index (χ4n) is 2.26. The third kappa shape index (κ3) is 2.97. The van der Waals surface area contributed by atoms with Gasteiger partial charge in [-0.25, -0.2) is 0 Å². The zero-order valence-electron chi connectivity index (χ0n) is 9.51. The van der Waals surface area contributed by atoms with Crippen LogP contribution in [-0.2, 0) is 4.79 Å². The molecule has 0 aromatic carbocycles. The summed E-state index contributed by atoms with van der Waals surface area (Å²) in [5.74, 6) is 1.55. The van der Waals surface area contributed by atoms with E-state index in [9.17, 15) is 4.79 Å². The molecular weight excluding hydrogens is 172 g/mol. The van der Waals surface area contributed by atoms with E-state index < -0.39 is 0 Å². The predicted molar refractivity (Wildman–Crippen MR) is 60.2 cm³/mol. The normalized spacial score (nSPS) is 27.7. The highest BCUT2D eigenvalue weighted by atomic mass is 16.1. The molecule has 1 nitrogen and oxygen atoms in total. The molecule has 80 valence electrons. The zero-order chi connectivity index (χ0) is 10.6. The molecule has 0 amide bonds. The molecule has 0 spiro atoms. The minimum absolute atomic E-state index is 0.293. The first kappa shape index (κ1) is 11.5. The summed E-state index contributed by atoms with van der Waals surface area (Å²) in [5.41, 5.74) is 1.24. The number of carbonyl (C=O) groups excluding carboxylic acids is 1. The lowest BCUT2D eigenvalue weighted by Gasteiger charge is -2.27. The average Bonchev–Trinajstić information content (AvgIpc) is 2.21. The first-order valence-corrected chi connectivity index (χ1v) is 5.86. The van der Waals surface area contributed by atoms with Crippen molar-refractivity contribution in [3.05, 3.63) is 12.2 Å². The maximum atomic E-state index is 11.7. The van der Waals surface area contributed by atoms with Crippen molar-refractivity contribution >= 4 is 5.78 Å². The third-order valence-corrected chi connectivity index (χ3v) is 3.48. The first-order chi connectivity index (χ1) is 6.67. The van der Waals surface area contributed by atoms with Crippen molar-refractivity contribution in [2.45, 2.75) is 52.4 Å². The Morgan fingerprint density at radius 3 is 2.79 bits per heavy atom. The second-order valence-corrected chi connectivity index (χ2v) is 4.52. The summed E-state index contributed by atoms with van der Waals surface area (Å²) < 4.78 is 0. The summed E-state index contributed by atoms with van der Waals surface area (Å²) in [4.78, 5) is 11.7. The van der Waals surface area contributed by atoms with E-state index in [2.05, 4.69) is 20.4 Å². The van der Waals surface area contributed by atoms with Crippen LogP contribution in [0.1, 0.15) is 52.4 Å². The van der Waals surface area contributed by atoms with Gasteiger partial charge in [0.2, 0.25) is 0 Å². The van der Waals surface area contributed by atoms with Gasteiger partial charge < -0.3 is 0 Å². The molecule has 0 saturated heterocycles. The summed E-state index contributed by atoms with van der Waals surface area (Å²) in [5, 5.41) is 0. The minimum Gasteiger partial charge on any atom is -0.299 e. The molecule has 0 aliphatic heterocycles. The van der Waals surface area contributed by atoms with E-state index in [0.717, 1.165) is 38.0 Å². The highest BCUT2D eigenvalue weighted by Crippen LogP contribution is 2.32. The Labute approximate surface area is 87.6 Å². The van der Waals surface area contributed by atoms with Crippen LogP contribution in [0.5, 0.6) is 0 Å². The molecule has 0 bridgehead atoms. The van der Waals surface area contributed by atoms with Gasteiger partial charge in [-0.1, -0.05) is 32.4 Å². The van der Waals surface area contributed by atoms with Crippen LogP contribution < -0.4 is 0 Å². The van der Waals surface area contributed by atoms with Crippen LogP contribution in [0, 0.1) is 11.8 Å². The number of hydrogen-bond donors (Lipinski definition) is 0. The summed E-state index contributed by atoms with van der Waals surface area (Å²) >= 11 is 0. The van der Waals surface area contributed by atoms with Crippen molar-refractivity contribution in [3.8, 4) is 0 Å². The second kappa shape index (κ2) is 5.33. The molecule has 1 aliphatic rings. The molecule has 0 radical (unpaired) electrons. The Bertz CT molecular complexity index is 217. The van der Waals surface area contributed by atoms with Gasteiger partial charge in [0, 0.05) is 12.3 Å². The lowest BCUT2D eigenvalue weighted by molar-refractivity contribution is -0.125. The van der Waals surface area contributed by atoms with Crippen LogP contribution in [-0.4, -0.2) is 5.78 Å². The van der Waals surface area contributed by atoms with E-state index in [1.165, 1.54) is 12.0 Å². The van der Waals surface area contributed by atoms with Gasteiger partial charge in [0.25, 0.3) is 0 Å². The minimum atomic E-state index is 0.293. The molecule has 1 heteroatoms. The molecule has 0 aromatic rings. The van der Waals surface area contributed by atoms with Crippen molar-refractivity contribution in [1.82, 2.24) is 0 Å². The van der Waals surface area contributed by atoms with Gasteiger partial charge in [-0.3, -0.25) is 4.79 Å². The SMILES string of the molecule is C=C(CC)CC1CC(CC)CCC1=O. The van der Waals surface area contributed by atoms with E-state index in [-0.39, 0.29) is 0 Å². The molecule has 2 atom stereocenters. The molecule has 1 saturated carbocycles. The number of rotatable bonds is 4. The molecule has 1 aliphatic carbocycles. The summed E-state index contributed by atoms with van der Waals surface area (Å²) in [7, 11) is 0. The number of hydrogen-bond acceptors (Lipinski definition) is 1. The second-order valence-electron chi connectivity index (χ2n) is 4.52. The van der Waals surface area contributed by atoms with Gasteiger partial charge in [-0.2, -0.15) is 0 Å². The number of carbonyl (C=O) groups is 1. The van der Waals surface area contributed by atoms with Gasteiger partial charge >= 0.3 is 0 Å². The van der Waals surface area contributed by atoms with Gasteiger partial charge in [0.1, 0.15) is 5.78 Å². The Morgan fingerprint density at radius 2 is 2.21 bits per heavy atom. The maximum Gasteiger partial charge on any atom is 0.136 e. The number of Topliss-reactive ketones (excluding diaryl/α,β-unsaturated/α-hetero) is 1. The standard InChI is InChI=1S/C13H22O/c1-4-10(3)8-12-9-11(5-2)6-7-13(12)14/h11-12H,3-9H2,1-2H3. The number of allylic oxidation sites excluding steroid dienone is 1. The fraction of sp³-hybridized carbons (Fsp3) is 0.769. The number of ketones is 1. The van der Waals surface area contributed by atoms with Crippen LogP contribution in [0.2, 0.25) is 0 Å². The summed E-state index contributed by atoms with van der Waals surface area (Å²) in [6.45, 7) is 8.35. The van der Waals surface area contributed by atoms with E-state index in [4.69, 9.17) is 0 Å². The van der Waals surface area contributed by atoms with Crippen LogP contribution in [0.3, 0.4) is 0 Å². The highest BCUT2D eigenvalue weighted by molar-refractivity contribution is 5.82. The van der Waals surface area contributed by atoms with E-state index in [0.29, 0.717) is 11.7 Å². The topological polar surface area (TPSA) is 17.1 Å². The molecule has 2 unspecified atom stereocenters. The smallest absolute Gasteiger partial charge is 0.136 e. The van der Waals surface area contributed by atoms with E-state index >= 15 is 0 Å². The van der Waals surface area contributed by atoms with Crippen molar-refractivity contribution in [2.75, 3.05) is 0 Å². The van der Waals surface area contributed by atoms with Gasteiger partial charge in [-0.05, 0) is 31.6 Å². The monoisotopic (exact) mass is 194 g/mol. The first-order valence-electron chi connectivity index (χ1n) is 5.86. The van der Waals surface area contributed by atoms with Crippen molar-refractivity contribution in [1.29, 1.82) is 0 Å². The molecule has 14 heavy (non-hydrogen) atoms. The average molecular weight is 194 g/mol. The maximum absolute atomic E-state index is 11.7. The Morgan fingerprint density at radius 1 is 1.50 bits per heavy atom. The van der Waals surface area contributed by atoms with Crippen molar-refractivity contribution < 1.29 is 4.79 Å². The Hall–Kier alpha value is -0.590. The van der Waals surface area contributed by atoms with Crippen molar-refractivity contribution in [3.63, 3.8) is 0 Å². The van der Waals surface area contributed by atoms with Crippen LogP contribution >= 0.6 is 0 Å². The Kier molecular flexibility index (Phi) is 4.37. The molecule has 0 heterocycles. The molecule has 0 aromatic heterocycles. The lowest BCUT2D eigenvalue weighted by atomic mass is 9.76. The predicted octanol–water partition coefficient (Wildman–Crippen LogP) is 3.74. The van der Waals surface area contributed by atoms with E-state index in [1.54, 1.807) is 0 Å². The van der Waals surface area contributed by atoms with Crippen molar-refractivity contribution in [2.24, 2.45) is 11.8 Å².